The number of nitrogens with one attached hydrogen (secondary N) is 1. The van der Waals surface area contributed by atoms with Crippen molar-refractivity contribution in [2.45, 2.75) is 45.3 Å². The molecule has 22 heavy (non-hydrogen) atoms. The Hall–Kier alpha value is -1.82. The number of aliphatic imine (C=N–C) groups is 1. The molecule has 0 radical (unpaired) electrons. The summed E-state index contributed by atoms with van der Waals surface area (Å²) < 4.78 is 11.0. The van der Waals surface area contributed by atoms with Crippen molar-refractivity contribution < 1.29 is 9.47 Å². The molecule has 1 aromatic heterocycles. The van der Waals surface area contributed by atoms with Crippen molar-refractivity contribution in [1.29, 1.82) is 0 Å². The number of nitrogens with two attached hydrogens (primary N) is 1. The van der Waals surface area contributed by atoms with Gasteiger partial charge in [-0.05, 0) is 44.2 Å². The Morgan fingerprint density at radius 2 is 2.36 bits per heavy atom. The van der Waals surface area contributed by atoms with Gasteiger partial charge in [0.1, 0.15) is 6.10 Å². The number of nitrogens with zero attached hydrogens (tertiary/aromatic N) is 2. The molecule has 1 heterocycles. The minimum Gasteiger partial charge on any atom is -0.474 e. The molecule has 1 fully saturated rings. The van der Waals surface area contributed by atoms with Gasteiger partial charge in [-0.25, -0.2) is 9.98 Å². The van der Waals surface area contributed by atoms with E-state index in [4.69, 9.17) is 15.2 Å². The highest BCUT2D eigenvalue weighted by Gasteiger charge is 2.19. The summed E-state index contributed by atoms with van der Waals surface area (Å²) in [5.41, 5.74) is 6.88. The van der Waals surface area contributed by atoms with Crippen molar-refractivity contribution in [3.05, 3.63) is 23.9 Å². The van der Waals surface area contributed by atoms with Crippen molar-refractivity contribution in [2.75, 3.05) is 19.8 Å². The van der Waals surface area contributed by atoms with Crippen LogP contribution in [0.1, 0.15) is 38.2 Å². The molecule has 0 unspecified atom stereocenters. The third kappa shape index (κ3) is 5.89. The second-order valence-corrected chi connectivity index (χ2v) is 5.35. The maximum absolute atomic E-state index is 5.84. The van der Waals surface area contributed by atoms with E-state index in [9.17, 15) is 0 Å². The SMILES string of the molecule is CCOCCCNC(N)=NCc1ccnc(OC2CCC2)c1. The van der Waals surface area contributed by atoms with E-state index in [0.717, 1.165) is 44.6 Å². The first-order chi connectivity index (χ1) is 10.8. The van der Waals surface area contributed by atoms with Gasteiger partial charge >= 0.3 is 0 Å². The average molecular weight is 306 g/mol. The molecule has 122 valence electrons. The maximum atomic E-state index is 5.84. The van der Waals surface area contributed by atoms with Crippen LogP contribution in [0, 0.1) is 0 Å². The lowest BCUT2D eigenvalue weighted by Crippen LogP contribution is -2.32. The fourth-order valence-corrected chi connectivity index (χ4v) is 2.04. The van der Waals surface area contributed by atoms with Crippen LogP contribution in [0.25, 0.3) is 0 Å². The zero-order valence-corrected chi connectivity index (χ0v) is 13.3. The summed E-state index contributed by atoms with van der Waals surface area (Å²) in [6, 6.07) is 3.86. The lowest BCUT2D eigenvalue weighted by Gasteiger charge is -2.25. The van der Waals surface area contributed by atoms with Gasteiger partial charge in [0.15, 0.2) is 5.96 Å². The van der Waals surface area contributed by atoms with Gasteiger partial charge in [0.25, 0.3) is 0 Å². The Balaban J connectivity index is 1.72. The minimum absolute atomic E-state index is 0.336. The minimum atomic E-state index is 0.336. The summed E-state index contributed by atoms with van der Waals surface area (Å²) in [6.45, 7) is 4.76. The lowest BCUT2D eigenvalue weighted by atomic mass is 9.96. The number of aromatic nitrogens is 1. The van der Waals surface area contributed by atoms with Crippen molar-refractivity contribution in [3.63, 3.8) is 0 Å². The van der Waals surface area contributed by atoms with E-state index >= 15 is 0 Å². The first-order valence-corrected chi connectivity index (χ1v) is 8.01. The predicted molar refractivity (Wildman–Crippen MR) is 86.9 cm³/mol. The predicted octanol–water partition coefficient (Wildman–Crippen LogP) is 1.84. The van der Waals surface area contributed by atoms with Crippen molar-refractivity contribution in [2.24, 2.45) is 10.7 Å². The molecule has 0 aromatic carbocycles. The molecule has 0 aliphatic heterocycles. The van der Waals surface area contributed by atoms with E-state index in [0.29, 0.717) is 24.5 Å². The van der Waals surface area contributed by atoms with Gasteiger partial charge in [-0.3, -0.25) is 0 Å². The molecule has 1 saturated carbocycles. The number of rotatable bonds is 9. The molecular weight excluding hydrogens is 280 g/mol. The molecule has 6 nitrogen and oxygen atoms in total. The number of pyridine rings is 1. The molecule has 0 atom stereocenters. The molecule has 1 aromatic rings. The fraction of sp³-hybridized carbons (Fsp3) is 0.625. The number of ether oxygens (including phenoxy) is 2. The van der Waals surface area contributed by atoms with E-state index < -0.39 is 0 Å². The van der Waals surface area contributed by atoms with Crippen LogP contribution in [0.4, 0.5) is 0 Å². The van der Waals surface area contributed by atoms with Crippen molar-refractivity contribution in [1.82, 2.24) is 10.3 Å². The fourth-order valence-electron chi connectivity index (χ4n) is 2.04. The van der Waals surface area contributed by atoms with Crippen LogP contribution in [-0.2, 0) is 11.3 Å². The van der Waals surface area contributed by atoms with E-state index in [1.807, 2.05) is 19.1 Å². The summed E-state index contributed by atoms with van der Waals surface area (Å²) in [7, 11) is 0. The number of hydrogen-bond donors (Lipinski definition) is 2. The quantitative estimate of drug-likeness (QED) is 0.413. The molecule has 1 aliphatic rings. The van der Waals surface area contributed by atoms with Gasteiger partial charge in [-0.2, -0.15) is 0 Å². The Morgan fingerprint density at radius 1 is 1.50 bits per heavy atom. The largest absolute Gasteiger partial charge is 0.474 e. The highest BCUT2D eigenvalue weighted by Crippen LogP contribution is 2.24. The third-order valence-corrected chi connectivity index (χ3v) is 3.55. The summed E-state index contributed by atoms with van der Waals surface area (Å²) >= 11 is 0. The van der Waals surface area contributed by atoms with Gasteiger partial charge < -0.3 is 20.5 Å². The van der Waals surface area contributed by atoms with Gasteiger partial charge in [0.2, 0.25) is 5.88 Å². The highest BCUT2D eigenvalue weighted by atomic mass is 16.5. The zero-order chi connectivity index (χ0) is 15.6. The smallest absolute Gasteiger partial charge is 0.213 e. The Bertz CT molecular complexity index is 475. The highest BCUT2D eigenvalue weighted by molar-refractivity contribution is 5.77. The summed E-state index contributed by atoms with van der Waals surface area (Å²) in [6.07, 6.45) is 6.51. The molecule has 0 spiro atoms. The third-order valence-electron chi connectivity index (χ3n) is 3.55. The van der Waals surface area contributed by atoms with Crippen molar-refractivity contribution >= 4 is 5.96 Å². The molecule has 0 bridgehead atoms. The molecule has 0 saturated heterocycles. The first kappa shape index (κ1) is 16.5. The van der Waals surface area contributed by atoms with E-state index in [1.165, 1.54) is 6.42 Å². The topological polar surface area (TPSA) is 81.8 Å². The molecule has 3 N–H and O–H groups in total. The lowest BCUT2D eigenvalue weighted by molar-refractivity contribution is 0.114. The van der Waals surface area contributed by atoms with Crippen LogP contribution in [0.2, 0.25) is 0 Å². The van der Waals surface area contributed by atoms with Crippen LogP contribution < -0.4 is 15.8 Å². The molecular formula is C16H26N4O2. The molecule has 0 amide bonds. The number of hydrogen-bond acceptors (Lipinski definition) is 4. The van der Waals surface area contributed by atoms with Gasteiger partial charge in [0, 0.05) is 32.0 Å². The van der Waals surface area contributed by atoms with Gasteiger partial charge in [0.05, 0.1) is 6.54 Å². The van der Waals surface area contributed by atoms with E-state index in [-0.39, 0.29) is 0 Å². The van der Waals surface area contributed by atoms with Crippen LogP contribution >= 0.6 is 0 Å². The van der Waals surface area contributed by atoms with E-state index in [2.05, 4.69) is 15.3 Å². The normalized spacial score (nSPS) is 15.4. The second kappa shape index (κ2) is 9.25. The van der Waals surface area contributed by atoms with Crippen LogP contribution in [0.3, 0.4) is 0 Å². The summed E-state index contributed by atoms with van der Waals surface area (Å²) in [5, 5.41) is 3.08. The standard InChI is InChI=1S/C16H26N4O2/c1-2-21-10-4-8-19-16(17)20-12-13-7-9-18-15(11-13)22-14-5-3-6-14/h7,9,11,14H,2-6,8,10,12H2,1H3,(H3,17,19,20). The molecule has 1 aliphatic carbocycles. The van der Waals surface area contributed by atoms with Crippen LogP contribution in [0.15, 0.2) is 23.3 Å². The average Bonchev–Trinajstić information content (AvgIpc) is 2.49. The van der Waals surface area contributed by atoms with Gasteiger partial charge in [-0.1, -0.05) is 0 Å². The second-order valence-electron chi connectivity index (χ2n) is 5.35. The number of guanidine groups is 1. The summed E-state index contributed by atoms with van der Waals surface area (Å²) in [4.78, 5) is 8.56. The van der Waals surface area contributed by atoms with Crippen LogP contribution in [0.5, 0.6) is 5.88 Å². The Morgan fingerprint density at radius 3 is 3.09 bits per heavy atom. The monoisotopic (exact) mass is 306 g/mol. The Labute approximate surface area is 132 Å². The molecule has 2 rings (SSSR count). The van der Waals surface area contributed by atoms with Crippen molar-refractivity contribution in [3.8, 4) is 5.88 Å². The zero-order valence-electron chi connectivity index (χ0n) is 13.3. The maximum Gasteiger partial charge on any atom is 0.213 e. The Kier molecular flexibility index (Phi) is 6.96. The first-order valence-electron chi connectivity index (χ1n) is 8.01. The molecule has 6 heteroatoms. The van der Waals surface area contributed by atoms with E-state index in [1.54, 1.807) is 6.20 Å². The summed E-state index contributed by atoms with van der Waals surface area (Å²) in [5.74, 6) is 1.13. The van der Waals surface area contributed by atoms with Crippen LogP contribution in [-0.4, -0.2) is 36.8 Å². The van der Waals surface area contributed by atoms with Gasteiger partial charge in [-0.15, -0.1) is 0 Å².